The zero-order chi connectivity index (χ0) is 30.4. The number of benzene rings is 1. The lowest BCUT2D eigenvalue weighted by molar-refractivity contribution is -0.153. The van der Waals surface area contributed by atoms with Crippen LogP contribution in [0.15, 0.2) is 76.4 Å². The van der Waals surface area contributed by atoms with Gasteiger partial charge in [0.2, 0.25) is 0 Å². The van der Waals surface area contributed by atoms with Gasteiger partial charge in [-0.3, -0.25) is 9.69 Å². The first-order chi connectivity index (χ1) is 19.0. The fourth-order valence-corrected chi connectivity index (χ4v) is 5.19. The van der Waals surface area contributed by atoms with E-state index in [1.807, 2.05) is 24.3 Å². The van der Waals surface area contributed by atoms with Gasteiger partial charge in [-0.25, -0.2) is 23.2 Å². The Bertz CT molecular complexity index is 1450. The highest BCUT2D eigenvalue weighted by Gasteiger charge is 2.30. The van der Waals surface area contributed by atoms with Crippen molar-refractivity contribution in [2.24, 2.45) is 0 Å². The number of anilines is 1. The maximum absolute atomic E-state index is 13.7. The molecule has 3 rings (SSSR count). The van der Waals surface area contributed by atoms with E-state index in [2.05, 4.69) is 25.9 Å². The van der Waals surface area contributed by atoms with E-state index in [4.69, 9.17) is 9.47 Å². The van der Waals surface area contributed by atoms with E-state index >= 15 is 0 Å². The fourth-order valence-electron chi connectivity index (χ4n) is 3.60. The summed E-state index contributed by atoms with van der Waals surface area (Å²) in [5, 5.41) is -0.103. The molecule has 10 nitrogen and oxygen atoms in total. The van der Waals surface area contributed by atoms with E-state index < -0.39 is 39.8 Å². The van der Waals surface area contributed by atoms with Gasteiger partial charge in [0.15, 0.2) is 5.03 Å². The first-order valence-corrected chi connectivity index (χ1v) is 15.1. The molecule has 0 bridgehead atoms. The quantitative estimate of drug-likeness (QED) is 0.271. The highest BCUT2D eigenvalue weighted by Crippen LogP contribution is 2.23. The fraction of sp³-hybridized carbons (Fsp3) is 0.379. The molecule has 0 aliphatic carbocycles. The van der Waals surface area contributed by atoms with Gasteiger partial charge in [-0.2, -0.15) is 4.31 Å². The Hall–Kier alpha value is -3.35. The average molecular weight is 648 g/mol. The van der Waals surface area contributed by atoms with Crippen molar-refractivity contribution in [2.45, 2.75) is 70.9 Å². The molecule has 0 N–H and O–H groups in total. The summed E-state index contributed by atoms with van der Waals surface area (Å²) in [6.45, 7) is 9.78. The van der Waals surface area contributed by atoms with Gasteiger partial charge in [-0.15, -0.1) is 0 Å². The third kappa shape index (κ3) is 9.91. The van der Waals surface area contributed by atoms with Gasteiger partial charge in [-0.05, 0) is 83.5 Å². The van der Waals surface area contributed by atoms with Crippen molar-refractivity contribution in [3.63, 3.8) is 0 Å². The average Bonchev–Trinajstić information content (AvgIpc) is 2.87. The highest BCUT2D eigenvalue weighted by molar-refractivity contribution is 9.10. The second-order valence-electron chi connectivity index (χ2n) is 11.2. The molecule has 0 aliphatic heterocycles. The van der Waals surface area contributed by atoms with Crippen molar-refractivity contribution in [1.82, 2.24) is 14.3 Å². The largest absolute Gasteiger partial charge is 0.459 e. The first-order valence-electron chi connectivity index (χ1n) is 12.9. The van der Waals surface area contributed by atoms with Crippen LogP contribution in [0.4, 0.5) is 10.6 Å². The molecule has 12 heteroatoms. The van der Waals surface area contributed by atoms with Gasteiger partial charge in [0, 0.05) is 17.2 Å². The molecule has 0 aliphatic rings. The second kappa shape index (κ2) is 13.1. The SMILES string of the molecule is CC(C)(C)OC(=O)CN(C(=O)OC(C)(C)C)c1cccc(CN(Cc2ccc(Br)cc2)S(=O)(=O)c2ccccn2)n1. The summed E-state index contributed by atoms with van der Waals surface area (Å²) in [5.74, 6) is -0.536. The van der Waals surface area contributed by atoms with Gasteiger partial charge in [-0.1, -0.05) is 40.2 Å². The van der Waals surface area contributed by atoms with Crippen molar-refractivity contribution in [3.8, 4) is 0 Å². The molecule has 0 saturated carbocycles. The highest BCUT2D eigenvalue weighted by atomic mass is 79.9. The predicted molar refractivity (Wildman–Crippen MR) is 158 cm³/mol. The minimum atomic E-state index is -4.03. The Morgan fingerprint density at radius 2 is 1.51 bits per heavy atom. The number of nitrogens with zero attached hydrogens (tertiary/aromatic N) is 4. The van der Waals surface area contributed by atoms with E-state index in [0.717, 1.165) is 14.9 Å². The lowest BCUT2D eigenvalue weighted by Gasteiger charge is -2.28. The smallest absolute Gasteiger partial charge is 0.416 e. The molecule has 3 aromatic rings. The number of hydrogen-bond donors (Lipinski definition) is 0. The molecule has 1 amide bonds. The summed E-state index contributed by atoms with van der Waals surface area (Å²) in [6, 6.07) is 16.8. The number of ether oxygens (including phenoxy) is 2. The molecule has 1 aromatic carbocycles. The molecule has 41 heavy (non-hydrogen) atoms. The molecule has 2 heterocycles. The van der Waals surface area contributed by atoms with Crippen LogP contribution in [0.3, 0.4) is 0 Å². The third-order valence-electron chi connectivity index (χ3n) is 5.24. The Morgan fingerprint density at radius 3 is 2.10 bits per heavy atom. The number of carbonyl (C=O) groups is 2. The molecule has 0 unspecified atom stereocenters. The number of rotatable bonds is 9. The standard InChI is InChI=1S/C29H35BrN4O6S/c1-28(2,3)39-26(35)20-34(27(36)40-29(4,5)6)24-11-9-10-23(32-24)19-33(18-21-13-15-22(30)16-14-21)41(37,38)25-12-7-8-17-31-25/h7-17H,18-20H2,1-6H3. The molecule has 220 valence electrons. The van der Waals surface area contributed by atoms with Crippen LogP contribution in [0.25, 0.3) is 0 Å². The normalized spacial score (nSPS) is 12.2. The van der Waals surface area contributed by atoms with Crippen LogP contribution in [0.5, 0.6) is 0 Å². The van der Waals surface area contributed by atoms with Crippen molar-refractivity contribution < 1.29 is 27.5 Å². The van der Waals surface area contributed by atoms with Crippen LogP contribution < -0.4 is 4.90 Å². The molecule has 0 atom stereocenters. The van der Waals surface area contributed by atoms with Gasteiger partial charge in [0.05, 0.1) is 12.2 Å². The number of halogens is 1. The topological polar surface area (TPSA) is 119 Å². The van der Waals surface area contributed by atoms with Crippen LogP contribution in [0.2, 0.25) is 0 Å². The summed E-state index contributed by atoms with van der Waals surface area (Å²) in [5.41, 5.74) is -0.501. The van der Waals surface area contributed by atoms with E-state index in [-0.39, 0.29) is 23.9 Å². The number of aromatic nitrogens is 2. The summed E-state index contributed by atoms with van der Waals surface area (Å²) in [7, 11) is -4.03. The first kappa shape index (κ1) is 32.2. The molecule has 0 spiro atoms. The van der Waals surface area contributed by atoms with E-state index in [1.54, 1.807) is 71.9 Å². The van der Waals surface area contributed by atoms with Crippen molar-refractivity contribution in [2.75, 3.05) is 11.4 Å². The lowest BCUT2D eigenvalue weighted by atomic mass is 10.2. The maximum atomic E-state index is 13.7. The minimum Gasteiger partial charge on any atom is -0.459 e. The Kier molecular flexibility index (Phi) is 10.3. The van der Waals surface area contributed by atoms with Gasteiger partial charge in [0.25, 0.3) is 10.0 Å². The molecular formula is C29H35BrN4O6S. The van der Waals surface area contributed by atoms with Gasteiger partial charge >= 0.3 is 12.1 Å². The number of hydrogen-bond acceptors (Lipinski definition) is 8. The summed E-state index contributed by atoms with van der Waals surface area (Å²) in [6.07, 6.45) is 0.625. The Balaban J connectivity index is 1.98. The molecule has 0 radical (unpaired) electrons. The number of pyridine rings is 2. The van der Waals surface area contributed by atoms with Gasteiger partial charge in [0.1, 0.15) is 23.6 Å². The minimum absolute atomic E-state index is 0.0474. The van der Waals surface area contributed by atoms with Crippen LogP contribution >= 0.6 is 15.9 Å². The van der Waals surface area contributed by atoms with Crippen LogP contribution in [0, 0.1) is 0 Å². The molecule has 0 fully saturated rings. The van der Waals surface area contributed by atoms with Gasteiger partial charge < -0.3 is 9.47 Å². The van der Waals surface area contributed by atoms with E-state index in [0.29, 0.717) is 5.69 Å². The maximum Gasteiger partial charge on any atom is 0.416 e. The second-order valence-corrected chi connectivity index (χ2v) is 14.0. The van der Waals surface area contributed by atoms with E-state index in [1.165, 1.54) is 16.6 Å². The Morgan fingerprint density at radius 1 is 0.854 bits per heavy atom. The zero-order valence-electron chi connectivity index (χ0n) is 24.0. The van der Waals surface area contributed by atoms with E-state index in [9.17, 15) is 18.0 Å². The van der Waals surface area contributed by atoms with Crippen molar-refractivity contribution in [3.05, 3.63) is 82.6 Å². The number of carbonyl (C=O) groups excluding carboxylic acids is 2. The third-order valence-corrected chi connectivity index (χ3v) is 7.48. The van der Waals surface area contributed by atoms with Crippen LogP contribution in [0.1, 0.15) is 52.8 Å². The number of amides is 1. The number of esters is 1. The predicted octanol–water partition coefficient (Wildman–Crippen LogP) is 5.71. The number of sulfonamides is 1. The van der Waals surface area contributed by atoms with Crippen LogP contribution in [-0.4, -0.2) is 52.5 Å². The summed E-state index contributed by atoms with van der Waals surface area (Å²) >= 11 is 3.40. The molecule has 2 aromatic heterocycles. The Labute approximate surface area is 249 Å². The van der Waals surface area contributed by atoms with Crippen molar-refractivity contribution >= 4 is 43.8 Å². The monoisotopic (exact) mass is 646 g/mol. The molecular weight excluding hydrogens is 612 g/mol. The molecule has 0 saturated heterocycles. The lowest BCUT2D eigenvalue weighted by Crippen LogP contribution is -2.42. The summed E-state index contributed by atoms with van der Waals surface area (Å²) < 4.78 is 40.4. The summed E-state index contributed by atoms with van der Waals surface area (Å²) in [4.78, 5) is 35.5. The van der Waals surface area contributed by atoms with Crippen molar-refractivity contribution in [1.29, 1.82) is 0 Å². The van der Waals surface area contributed by atoms with Crippen LogP contribution in [-0.2, 0) is 37.4 Å². The zero-order valence-corrected chi connectivity index (χ0v) is 26.4.